The van der Waals surface area contributed by atoms with Crippen LogP contribution in [0.1, 0.15) is 16.8 Å². The fraction of sp³-hybridized carbons (Fsp3) is 0.190. The first-order valence-corrected chi connectivity index (χ1v) is 8.38. The lowest BCUT2D eigenvalue weighted by molar-refractivity contribution is -0.118. The first-order valence-electron chi connectivity index (χ1n) is 8.38. The minimum absolute atomic E-state index is 0.0697. The fourth-order valence-corrected chi connectivity index (χ4v) is 2.98. The number of fused-ring (bicyclic) bond motifs is 1. The van der Waals surface area contributed by atoms with Gasteiger partial charge in [0.05, 0.1) is 6.07 Å². The lowest BCUT2D eigenvalue weighted by atomic mass is 9.96. The highest BCUT2D eigenvalue weighted by Crippen LogP contribution is 2.17. The van der Waals surface area contributed by atoms with E-state index in [4.69, 9.17) is 0 Å². The second-order valence-electron chi connectivity index (χ2n) is 6.29. The Bertz CT molecular complexity index is 1080. The molecule has 0 bridgehead atoms. The molecule has 1 amide bonds. The van der Waals surface area contributed by atoms with Crippen LogP contribution >= 0.6 is 0 Å². The van der Waals surface area contributed by atoms with E-state index in [-0.39, 0.29) is 11.8 Å². The van der Waals surface area contributed by atoms with Crippen molar-refractivity contribution >= 4 is 22.5 Å². The zero-order valence-corrected chi connectivity index (χ0v) is 14.7. The minimum atomic E-state index is -0.949. The predicted molar refractivity (Wildman–Crippen MR) is 102 cm³/mol. The van der Waals surface area contributed by atoms with Crippen molar-refractivity contribution in [3.05, 3.63) is 75.6 Å². The molecule has 2 aromatic carbocycles. The van der Waals surface area contributed by atoms with Gasteiger partial charge in [0, 0.05) is 34.3 Å². The summed E-state index contributed by atoms with van der Waals surface area (Å²) < 4.78 is 0. The number of H-pyrrole nitrogens is 1. The smallest absolute Gasteiger partial charge is 0.242 e. The number of para-hydroxylation sites is 2. The molecule has 0 saturated carbocycles. The van der Waals surface area contributed by atoms with Crippen LogP contribution in [0.15, 0.2) is 53.3 Å². The highest BCUT2D eigenvalue weighted by Gasteiger charge is 2.22. The lowest BCUT2D eigenvalue weighted by Crippen LogP contribution is -2.26. The highest BCUT2D eigenvalue weighted by atomic mass is 16.2. The molecule has 3 rings (SSSR count). The number of anilines is 1. The number of aryl methyl sites for hydroxylation is 2. The van der Waals surface area contributed by atoms with Gasteiger partial charge in [-0.1, -0.05) is 30.3 Å². The van der Waals surface area contributed by atoms with Gasteiger partial charge in [-0.15, -0.1) is 0 Å². The van der Waals surface area contributed by atoms with Gasteiger partial charge in [-0.25, -0.2) is 0 Å². The molecule has 0 radical (unpaired) electrons. The fourth-order valence-electron chi connectivity index (χ4n) is 2.98. The molecule has 130 valence electrons. The summed E-state index contributed by atoms with van der Waals surface area (Å²) >= 11 is 0. The molecule has 5 nitrogen and oxygen atoms in total. The molecule has 1 atom stereocenters. The molecule has 3 aromatic rings. The topological polar surface area (TPSA) is 85.8 Å². The van der Waals surface area contributed by atoms with Crippen LogP contribution in [0.2, 0.25) is 0 Å². The van der Waals surface area contributed by atoms with Gasteiger partial charge in [0.25, 0.3) is 0 Å². The van der Waals surface area contributed by atoms with E-state index in [1.807, 2.05) is 43.3 Å². The van der Waals surface area contributed by atoms with E-state index in [0.29, 0.717) is 22.3 Å². The van der Waals surface area contributed by atoms with Gasteiger partial charge in [0.1, 0.15) is 5.92 Å². The van der Waals surface area contributed by atoms with Gasteiger partial charge in [-0.3, -0.25) is 9.59 Å². The van der Waals surface area contributed by atoms with Crippen molar-refractivity contribution < 1.29 is 4.79 Å². The van der Waals surface area contributed by atoms with Crippen LogP contribution in [0, 0.1) is 31.1 Å². The zero-order chi connectivity index (χ0) is 18.7. The molecule has 2 N–H and O–H groups in total. The predicted octanol–water partition coefficient (Wildman–Crippen LogP) is 3.47. The average Bonchev–Trinajstić information content (AvgIpc) is 2.63. The third-order valence-corrected chi connectivity index (χ3v) is 4.50. The Morgan fingerprint density at radius 2 is 1.85 bits per heavy atom. The van der Waals surface area contributed by atoms with Crippen LogP contribution in [0.3, 0.4) is 0 Å². The number of aromatic nitrogens is 1. The third kappa shape index (κ3) is 3.35. The molecule has 0 aliphatic carbocycles. The Balaban J connectivity index is 1.90. The Labute approximate surface area is 151 Å². The van der Waals surface area contributed by atoms with Gasteiger partial charge < -0.3 is 10.3 Å². The average molecular weight is 345 g/mol. The number of hydrogen-bond acceptors (Lipinski definition) is 3. The van der Waals surface area contributed by atoms with E-state index in [2.05, 4.69) is 10.3 Å². The van der Waals surface area contributed by atoms with Crippen molar-refractivity contribution in [1.82, 2.24) is 4.98 Å². The van der Waals surface area contributed by atoms with E-state index >= 15 is 0 Å². The summed E-state index contributed by atoms with van der Waals surface area (Å²) in [4.78, 5) is 28.5. The molecule has 1 aromatic heterocycles. The van der Waals surface area contributed by atoms with E-state index in [1.54, 1.807) is 25.1 Å². The van der Waals surface area contributed by atoms with Crippen molar-refractivity contribution in [2.24, 2.45) is 5.92 Å². The number of nitrogens with zero attached hydrogens (tertiary/aromatic N) is 1. The maximum Gasteiger partial charge on any atom is 0.242 e. The summed E-state index contributed by atoms with van der Waals surface area (Å²) in [6, 6.07) is 16.6. The van der Waals surface area contributed by atoms with Crippen molar-refractivity contribution in [2.75, 3.05) is 5.32 Å². The molecular weight excluding hydrogens is 326 g/mol. The molecule has 0 fully saturated rings. The van der Waals surface area contributed by atoms with Gasteiger partial charge >= 0.3 is 0 Å². The second-order valence-corrected chi connectivity index (χ2v) is 6.29. The zero-order valence-electron chi connectivity index (χ0n) is 14.7. The van der Waals surface area contributed by atoms with Gasteiger partial charge in [-0.2, -0.15) is 5.26 Å². The first-order chi connectivity index (χ1) is 12.5. The number of carbonyl (C=O) groups excluding carboxylic acids is 1. The number of aromatic amines is 1. The molecular formula is C21H19N3O2. The summed E-state index contributed by atoms with van der Waals surface area (Å²) in [5.41, 5.74) is 3.34. The number of nitrogens with one attached hydrogen (secondary N) is 2. The highest BCUT2D eigenvalue weighted by molar-refractivity contribution is 5.95. The number of carbonyl (C=O) groups is 1. The summed E-state index contributed by atoms with van der Waals surface area (Å²) in [6.07, 6.45) is 0.0697. The molecule has 0 aliphatic heterocycles. The molecule has 0 spiro atoms. The summed E-state index contributed by atoms with van der Waals surface area (Å²) in [5, 5.41) is 12.8. The molecule has 26 heavy (non-hydrogen) atoms. The van der Waals surface area contributed by atoms with Crippen molar-refractivity contribution in [3.8, 4) is 6.07 Å². The van der Waals surface area contributed by atoms with Crippen molar-refractivity contribution in [3.63, 3.8) is 0 Å². The number of nitriles is 1. The summed E-state index contributed by atoms with van der Waals surface area (Å²) in [7, 11) is 0. The van der Waals surface area contributed by atoms with Gasteiger partial charge in [-0.05, 0) is 37.6 Å². The van der Waals surface area contributed by atoms with Crippen LogP contribution in [-0.4, -0.2) is 10.9 Å². The second kappa shape index (κ2) is 7.24. The molecule has 1 heterocycles. The van der Waals surface area contributed by atoms with E-state index in [0.717, 1.165) is 11.1 Å². The van der Waals surface area contributed by atoms with Crippen molar-refractivity contribution in [1.29, 1.82) is 5.26 Å². The van der Waals surface area contributed by atoms with Crippen LogP contribution in [0.4, 0.5) is 5.69 Å². The van der Waals surface area contributed by atoms with E-state index in [1.165, 1.54) is 0 Å². The van der Waals surface area contributed by atoms with Gasteiger partial charge in [0.2, 0.25) is 5.91 Å². The normalized spacial score (nSPS) is 11.7. The van der Waals surface area contributed by atoms with Crippen LogP contribution in [0.5, 0.6) is 0 Å². The van der Waals surface area contributed by atoms with Crippen molar-refractivity contribution in [2.45, 2.75) is 20.3 Å². The quantitative estimate of drug-likeness (QED) is 0.759. The van der Waals surface area contributed by atoms with E-state index < -0.39 is 11.8 Å². The molecule has 0 aliphatic rings. The minimum Gasteiger partial charge on any atom is -0.358 e. The summed E-state index contributed by atoms with van der Waals surface area (Å²) in [5.74, 6) is -1.36. The number of hydrogen-bond donors (Lipinski definition) is 2. The Kier molecular flexibility index (Phi) is 4.85. The first kappa shape index (κ1) is 17.4. The lowest BCUT2D eigenvalue weighted by Gasteiger charge is -2.13. The molecule has 5 heteroatoms. The summed E-state index contributed by atoms with van der Waals surface area (Å²) in [6.45, 7) is 3.67. The SMILES string of the molecule is Cc1ccccc1NC(=O)[C@H](C#N)Cc1c(C)[nH]c2ccccc2c1=O. The van der Waals surface area contributed by atoms with Gasteiger partial charge in [0.15, 0.2) is 5.43 Å². The number of rotatable bonds is 4. The maximum atomic E-state index is 12.8. The monoisotopic (exact) mass is 345 g/mol. The maximum absolute atomic E-state index is 12.8. The Morgan fingerprint density at radius 3 is 2.58 bits per heavy atom. The Morgan fingerprint density at radius 1 is 1.15 bits per heavy atom. The standard InChI is InChI=1S/C21H19N3O2/c1-13-7-3-5-9-18(13)24-21(26)15(12-22)11-17-14(2)23-19-10-6-4-8-16(19)20(17)25/h3-10,15H,11H2,1-2H3,(H,23,25)(H,24,26)/t15-/m0/s1. The number of benzene rings is 2. The molecule has 0 unspecified atom stereocenters. The Hall–Kier alpha value is -3.39. The molecule has 0 saturated heterocycles. The van der Waals surface area contributed by atoms with Crippen LogP contribution in [-0.2, 0) is 11.2 Å². The number of amides is 1. The van der Waals surface area contributed by atoms with E-state index in [9.17, 15) is 14.9 Å². The number of pyridine rings is 1. The third-order valence-electron chi connectivity index (χ3n) is 4.50. The van der Waals surface area contributed by atoms with Crippen LogP contribution in [0.25, 0.3) is 10.9 Å². The largest absolute Gasteiger partial charge is 0.358 e. The van der Waals surface area contributed by atoms with Crippen LogP contribution < -0.4 is 10.7 Å².